The van der Waals surface area contributed by atoms with E-state index in [1.807, 2.05) is 78.3 Å². The first-order valence-corrected chi connectivity index (χ1v) is 11.1. The van der Waals surface area contributed by atoms with Gasteiger partial charge >= 0.3 is 0 Å². The molecule has 154 valence electrons. The van der Waals surface area contributed by atoms with E-state index in [0.717, 1.165) is 34.7 Å². The van der Waals surface area contributed by atoms with Gasteiger partial charge in [0.1, 0.15) is 18.1 Å². The highest BCUT2D eigenvalue weighted by Crippen LogP contribution is 2.29. The number of benzene rings is 2. The Balaban J connectivity index is 1.32. The highest BCUT2D eigenvalue weighted by Gasteiger charge is 2.11. The Bertz CT molecular complexity index is 969. The van der Waals surface area contributed by atoms with Gasteiger partial charge in [0.2, 0.25) is 0 Å². The van der Waals surface area contributed by atoms with Crippen LogP contribution < -0.4 is 19.7 Å². The Morgan fingerprint density at radius 3 is 2.63 bits per heavy atom. The summed E-state index contributed by atoms with van der Waals surface area (Å²) in [5.41, 5.74) is 2.46. The molecule has 0 bridgehead atoms. The van der Waals surface area contributed by atoms with Crippen LogP contribution >= 0.6 is 11.8 Å². The van der Waals surface area contributed by atoms with Crippen LogP contribution in [0.1, 0.15) is 5.56 Å². The first-order chi connectivity index (χ1) is 14.8. The Hall–Kier alpha value is -3.12. The van der Waals surface area contributed by atoms with Crippen LogP contribution in [0.15, 0.2) is 78.6 Å². The van der Waals surface area contributed by atoms with Crippen molar-refractivity contribution in [3.8, 4) is 17.2 Å². The second-order valence-electron chi connectivity index (χ2n) is 6.92. The molecule has 0 unspecified atom stereocenters. The average Bonchev–Trinajstić information content (AvgIpc) is 3.29. The molecule has 1 saturated heterocycles. The number of likely N-dealkylation sites (N-methyl/N-ethyl adjacent to an activating group) is 1. The normalized spacial score (nSPS) is 14.4. The van der Waals surface area contributed by atoms with Crippen LogP contribution in [0, 0.1) is 0 Å². The largest absolute Gasteiger partial charge is 0.492 e. The van der Waals surface area contributed by atoms with Crippen molar-refractivity contribution in [2.24, 2.45) is 0 Å². The number of pyridine rings is 1. The summed E-state index contributed by atoms with van der Waals surface area (Å²) in [6.07, 6.45) is 3.96. The molecule has 0 saturated carbocycles. The molecule has 0 aliphatic carbocycles. The van der Waals surface area contributed by atoms with E-state index in [4.69, 9.17) is 9.47 Å². The fourth-order valence-electron chi connectivity index (χ4n) is 3.08. The topological polar surface area (TPSA) is 46.6 Å². The lowest BCUT2D eigenvalue weighted by atomic mass is 10.2. The zero-order chi connectivity index (χ0) is 20.6. The van der Waals surface area contributed by atoms with Crippen molar-refractivity contribution < 1.29 is 9.47 Å². The fraction of sp³-hybridized carbons (Fsp3) is 0.208. The summed E-state index contributed by atoms with van der Waals surface area (Å²) < 4.78 is 11.9. The standard InChI is InChI=1S/C24H25N3O2S/c1-27(24-23(8-5-13-25-24)29-22-6-3-2-4-7-22)14-15-28-21-11-9-19(10-12-21)16-20-17-30-18-26-20/h2-13,16,26H,14-15,17-18H2,1H3/b20-16-. The molecule has 1 aliphatic heterocycles. The number of para-hydroxylation sites is 1. The lowest BCUT2D eigenvalue weighted by Crippen LogP contribution is -2.25. The summed E-state index contributed by atoms with van der Waals surface area (Å²) in [6.45, 7) is 1.24. The fourth-order valence-corrected chi connectivity index (χ4v) is 3.88. The van der Waals surface area contributed by atoms with E-state index in [1.165, 1.54) is 11.3 Å². The molecule has 0 spiro atoms. The summed E-state index contributed by atoms with van der Waals surface area (Å²) in [5.74, 6) is 5.21. The van der Waals surface area contributed by atoms with Gasteiger partial charge in [0, 0.05) is 24.7 Å². The van der Waals surface area contributed by atoms with E-state index in [-0.39, 0.29) is 0 Å². The van der Waals surface area contributed by atoms with Gasteiger partial charge in [0.25, 0.3) is 0 Å². The van der Waals surface area contributed by atoms with Crippen LogP contribution in [0.3, 0.4) is 0 Å². The summed E-state index contributed by atoms with van der Waals surface area (Å²) in [4.78, 5) is 6.53. The molecule has 1 aromatic heterocycles. The molecule has 2 aromatic carbocycles. The molecule has 4 rings (SSSR count). The summed E-state index contributed by atoms with van der Waals surface area (Å²) >= 11 is 1.89. The maximum atomic E-state index is 6.01. The van der Waals surface area contributed by atoms with Gasteiger partial charge in [0.15, 0.2) is 11.6 Å². The molecule has 0 radical (unpaired) electrons. The number of ether oxygens (including phenoxy) is 2. The van der Waals surface area contributed by atoms with E-state index in [0.29, 0.717) is 13.2 Å². The highest BCUT2D eigenvalue weighted by atomic mass is 32.2. The number of thioether (sulfide) groups is 1. The maximum Gasteiger partial charge on any atom is 0.171 e. The van der Waals surface area contributed by atoms with Crippen molar-refractivity contribution in [1.82, 2.24) is 10.3 Å². The third kappa shape index (κ3) is 5.48. The summed E-state index contributed by atoms with van der Waals surface area (Å²) in [5, 5.41) is 3.37. The zero-order valence-electron chi connectivity index (χ0n) is 17.0. The highest BCUT2D eigenvalue weighted by molar-refractivity contribution is 7.99. The predicted octanol–water partition coefficient (Wildman–Crippen LogP) is 5.02. The monoisotopic (exact) mass is 419 g/mol. The van der Waals surface area contributed by atoms with Crippen molar-refractivity contribution >= 4 is 23.7 Å². The van der Waals surface area contributed by atoms with Gasteiger partial charge < -0.3 is 19.7 Å². The number of aromatic nitrogens is 1. The minimum atomic E-state index is 0.552. The van der Waals surface area contributed by atoms with Crippen LogP contribution in [0.25, 0.3) is 6.08 Å². The molecule has 1 fully saturated rings. The molecule has 2 heterocycles. The minimum Gasteiger partial charge on any atom is -0.492 e. The average molecular weight is 420 g/mol. The van der Waals surface area contributed by atoms with Crippen molar-refractivity contribution in [3.05, 3.63) is 84.2 Å². The van der Waals surface area contributed by atoms with Gasteiger partial charge in [-0.25, -0.2) is 4.98 Å². The molecule has 0 amide bonds. The van der Waals surface area contributed by atoms with E-state index >= 15 is 0 Å². The van der Waals surface area contributed by atoms with Crippen molar-refractivity contribution in [3.63, 3.8) is 0 Å². The van der Waals surface area contributed by atoms with Gasteiger partial charge in [-0.2, -0.15) is 0 Å². The van der Waals surface area contributed by atoms with Crippen LogP contribution in [0.5, 0.6) is 17.2 Å². The first-order valence-electron chi connectivity index (χ1n) is 9.92. The number of nitrogens with one attached hydrogen (secondary N) is 1. The second-order valence-corrected chi connectivity index (χ2v) is 7.90. The summed E-state index contributed by atoms with van der Waals surface area (Å²) in [6, 6.07) is 21.7. The lowest BCUT2D eigenvalue weighted by Gasteiger charge is -2.21. The Morgan fingerprint density at radius 2 is 1.87 bits per heavy atom. The first kappa shape index (κ1) is 20.2. The zero-order valence-corrected chi connectivity index (χ0v) is 17.8. The molecule has 1 aliphatic rings. The number of rotatable bonds is 8. The Morgan fingerprint density at radius 1 is 1.03 bits per heavy atom. The maximum absolute atomic E-state index is 6.01. The van der Waals surface area contributed by atoms with Crippen molar-refractivity contribution in [1.29, 1.82) is 0 Å². The minimum absolute atomic E-state index is 0.552. The molecule has 5 nitrogen and oxygen atoms in total. The number of anilines is 1. The van der Waals surface area contributed by atoms with Gasteiger partial charge in [-0.3, -0.25) is 0 Å². The second kappa shape index (κ2) is 10.1. The Labute approximate surface area is 181 Å². The van der Waals surface area contributed by atoms with Gasteiger partial charge in [-0.05, 0) is 48.0 Å². The van der Waals surface area contributed by atoms with Crippen molar-refractivity contribution in [2.75, 3.05) is 36.7 Å². The van der Waals surface area contributed by atoms with E-state index in [2.05, 4.69) is 28.5 Å². The van der Waals surface area contributed by atoms with Crippen LogP contribution in [-0.4, -0.2) is 36.8 Å². The molecular weight excluding hydrogens is 394 g/mol. The quantitative estimate of drug-likeness (QED) is 0.553. The SMILES string of the molecule is CN(CCOc1ccc(/C=C2/CSCN2)cc1)c1ncccc1Oc1ccccc1. The van der Waals surface area contributed by atoms with E-state index in [9.17, 15) is 0 Å². The van der Waals surface area contributed by atoms with E-state index < -0.39 is 0 Å². The lowest BCUT2D eigenvalue weighted by molar-refractivity contribution is 0.325. The predicted molar refractivity (Wildman–Crippen MR) is 124 cm³/mol. The number of nitrogens with zero attached hydrogens (tertiary/aromatic N) is 2. The smallest absolute Gasteiger partial charge is 0.171 e. The van der Waals surface area contributed by atoms with Gasteiger partial charge in [-0.1, -0.05) is 30.3 Å². The van der Waals surface area contributed by atoms with Crippen LogP contribution in [0.4, 0.5) is 5.82 Å². The summed E-state index contributed by atoms with van der Waals surface area (Å²) in [7, 11) is 1.99. The molecular formula is C24H25N3O2S. The number of hydrogen-bond acceptors (Lipinski definition) is 6. The molecule has 6 heteroatoms. The van der Waals surface area contributed by atoms with Crippen LogP contribution in [0.2, 0.25) is 0 Å². The van der Waals surface area contributed by atoms with Crippen LogP contribution in [-0.2, 0) is 0 Å². The van der Waals surface area contributed by atoms with E-state index in [1.54, 1.807) is 6.20 Å². The van der Waals surface area contributed by atoms with Gasteiger partial charge in [-0.15, -0.1) is 11.8 Å². The van der Waals surface area contributed by atoms with Gasteiger partial charge in [0.05, 0.1) is 12.4 Å². The third-order valence-corrected chi connectivity index (χ3v) is 5.52. The Kier molecular flexibility index (Phi) is 6.77. The van der Waals surface area contributed by atoms with Crippen molar-refractivity contribution in [2.45, 2.75) is 0 Å². The number of hydrogen-bond donors (Lipinski definition) is 1. The third-order valence-electron chi connectivity index (χ3n) is 4.66. The molecule has 0 atom stereocenters. The molecule has 30 heavy (non-hydrogen) atoms. The molecule has 1 N–H and O–H groups in total. The molecule has 3 aromatic rings.